The van der Waals surface area contributed by atoms with Gasteiger partial charge in [-0.1, -0.05) is 39.3 Å². The number of hydrogen-bond donors (Lipinski definition) is 1. The summed E-state index contributed by atoms with van der Waals surface area (Å²) in [5.74, 6) is -0.659. The maximum atomic E-state index is 13.3. The van der Waals surface area contributed by atoms with Crippen LogP contribution in [0.4, 0.5) is 10.1 Å². The van der Waals surface area contributed by atoms with Crippen LogP contribution in [0.1, 0.15) is 27.7 Å². The molecule has 0 aliphatic heterocycles. The minimum Gasteiger partial charge on any atom is -0.351 e. The fraction of sp³-hybridized carbons (Fsp3) is 0.562. The van der Waals surface area contributed by atoms with Gasteiger partial charge in [0.15, 0.2) is 0 Å². The maximum Gasteiger partial charge on any atom is 0.241 e. The van der Waals surface area contributed by atoms with Crippen molar-refractivity contribution in [1.82, 2.24) is 5.32 Å². The van der Waals surface area contributed by atoms with Crippen molar-refractivity contribution in [3.8, 4) is 0 Å². The van der Waals surface area contributed by atoms with Crippen LogP contribution in [-0.2, 0) is 14.8 Å². The van der Waals surface area contributed by atoms with Gasteiger partial charge in [-0.15, -0.1) is 0 Å². The zero-order valence-electron chi connectivity index (χ0n) is 14.5. The minimum atomic E-state index is -3.73. The standard InChI is InChI=1S/C16H24ClFN2O3S/c1-10(2)16(11(3)4)19-15(21)9-20(24(5,22)23)12-6-7-14(18)13(17)8-12/h6-8,10-11,16H,9H2,1-5H3,(H,19,21). The van der Waals surface area contributed by atoms with Crippen molar-refractivity contribution < 1.29 is 17.6 Å². The summed E-state index contributed by atoms with van der Waals surface area (Å²) < 4.78 is 38.3. The molecule has 1 aromatic rings. The molecule has 0 bridgehead atoms. The van der Waals surface area contributed by atoms with Crippen LogP contribution < -0.4 is 9.62 Å². The van der Waals surface area contributed by atoms with Gasteiger partial charge in [-0.3, -0.25) is 9.10 Å². The van der Waals surface area contributed by atoms with Crippen molar-refractivity contribution in [2.75, 3.05) is 17.1 Å². The first-order chi connectivity index (χ1) is 10.9. The number of nitrogens with zero attached hydrogens (tertiary/aromatic N) is 1. The van der Waals surface area contributed by atoms with Crippen LogP contribution in [-0.4, -0.2) is 33.2 Å². The van der Waals surface area contributed by atoms with E-state index in [0.717, 1.165) is 16.6 Å². The van der Waals surface area contributed by atoms with Crippen LogP contribution in [0.25, 0.3) is 0 Å². The highest BCUT2D eigenvalue weighted by molar-refractivity contribution is 7.92. The Hall–Kier alpha value is -1.34. The fourth-order valence-corrected chi connectivity index (χ4v) is 3.53. The molecule has 0 aliphatic carbocycles. The van der Waals surface area contributed by atoms with Gasteiger partial charge in [0.1, 0.15) is 12.4 Å². The largest absolute Gasteiger partial charge is 0.351 e. The lowest BCUT2D eigenvalue weighted by Gasteiger charge is -2.28. The molecule has 0 aliphatic rings. The first kappa shape index (κ1) is 20.7. The van der Waals surface area contributed by atoms with Gasteiger partial charge in [-0.25, -0.2) is 12.8 Å². The molecule has 0 saturated carbocycles. The zero-order chi connectivity index (χ0) is 18.7. The molecule has 0 atom stereocenters. The molecule has 136 valence electrons. The number of anilines is 1. The van der Waals surface area contributed by atoms with E-state index in [2.05, 4.69) is 5.32 Å². The molecular weight excluding hydrogens is 355 g/mol. The van der Waals surface area contributed by atoms with E-state index in [9.17, 15) is 17.6 Å². The summed E-state index contributed by atoms with van der Waals surface area (Å²) in [7, 11) is -3.73. The predicted molar refractivity (Wildman–Crippen MR) is 95.2 cm³/mol. The van der Waals surface area contributed by atoms with Gasteiger partial charge in [-0.05, 0) is 30.0 Å². The number of halogens is 2. The summed E-state index contributed by atoms with van der Waals surface area (Å²) >= 11 is 5.71. The van der Waals surface area contributed by atoms with E-state index >= 15 is 0 Å². The Morgan fingerprint density at radius 2 is 1.79 bits per heavy atom. The van der Waals surface area contributed by atoms with E-state index in [1.165, 1.54) is 12.1 Å². The molecule has 1 amide bonds. The summed E-state index contributed by atoms with van der Waals surface area (Å²) in [4.78, 5) is 12.3. The summed E-state index contributed by atoms with van der Waals surface area (Å²) in [6, 6.07) is 3.46. The minimum absolute atomic E-state index is 0.0734. The molecule has 0 spiro atoms. The molecule has 0 heterocycles. The lowest BCUT2D eigenvalue weighted by atomic mass is 9.93. The van der Waals surface area contributed by atoms with Gasteiger partial charge in [0.2, 0.25) is 15.9 Å². The lowest BCUT2D eigenvalue weighted by molar-refractivity contribution is -0.121. The smallest absolute Gasteiger partial charge is 0.241 e. The number of hydrogen-bond acceptors (Lipinski definition) is 3. The number of rotatable bonds is 7. The first-order valence-electron chi connectivity index (χ1n) is 7.65. The van der Waals surface area contributed by atoms with E-state index in [1.807, 2.05) is 27.7 Å². The summed E-state index contributed by atoms with van der Waals surface area (Å²) in [6.45, 7) is 7.55. The molecule has 0 fully saturated rings. The number of nitrogens with one attached hydrogen (secondary N) is 1. The Labute approximate surface area is 148 Å². The van der Waals surface area contributed by atoms with Gasteiger partial charge in [-0.2, -0.15) is 0 Å². The molecule has 1 N–H and O–H groups in total. The van der Waals surface area contributed by atoms with Crippen molar-refractivity contribution in [2.45, 2.75) is 33.7 Å². The van der Waals surface area contributed by atoms with Crippen molar-refractivity contribution in [3.63, 3.8) is 0 Å². The molecular formula is C16H24ClFN2O3S. The number of carbonyl (C=O) groups excluding carboxylic acids is 1. The van der Waals surface area contributed by atoms with Crippen LogP contribution >= 0.6 is 11.6 Å². The SMILES string of the molecule is CC(C)C(NC(=O)CN(c1ccc(F)c(Cl)c1)S(C)(=O)=O)C(C)C. The highest BCUT2D eigenvalue weighted by Crippen LogP contribution is 2.24. The average molecular weight is 379 g/mol. The van der Waals surface area contributed by atoms with Crippen molar-refractivity contribution >= 4 is 33.2 Å². The van der Waals surface area contributed by atoms with Crippen LogP contribution in [0.15, 0.2) is 18.2 Å². The van der Waals surface area contributed by atoms with Crippen LogP contribution in [0, 0.1) is 17.7 Å². The predicted octanol–water partition coefficient (Wildman–Crippen LogP) is 3.04. The fourth-order valence-electron chi connectivity index (χ4n) is 2.51. The van der Waals surface area contributed by atoms with E-state index in [4.69, 9.17) is 11.6 Å². The van der Waals surface area contributed by atoms with E-state index in [-0.39, 0.29) is 28.6 Å². The third-order valence-corrected chi connectivity index (χ3v) is 5.07. The Morgan fingerprint density at radius 3 is 2.21 bits per heavy atom. The zero-order valence-corrected chi connectivity index (χ0v) is 16.1. The summed E-state index contributed by atoms with van der Waals surface area (Å²) in [5.41, 5.74) is 0.143. The van der Waals surface area contributed by atoms with Crippen molar-refractivity contribution in [3.05, 3.63) is 29.0 Å². The average Bonchev–Trinajstić information content (AvgIpc) is 2.43. The van der Waals surface area contributed by atoms with Crippen LogP contribution in [0.2, 0.25) is 5.02 Å². The van der Waals surface area contributed by atoms with E-state index in [0.29, 0.717) is 0 Å². The van der Waals surface area contributed by atoms with Crippen LogP contribution in [0.3, 0.4) is 0 Å². The molecule has 8 heteroatoms. The normalized spacial score (nSPS) is 12.1. The van der Waals surface area contributed by atoms with Crippen LogP contribution in [0.5, 0.6) is 0 Å². The number of benzene rings is 1. The highest BCUT2D eigenvalue weighted by Gasteiger charge is 2.25. The molecule has 1 rings (SSSR count). The summed E-state index contributed by atoms with van der Waals surface area (Å²) in [6.07, 6.45) is 0.986. The molecule has 0 aromatic heterocycles. The second-order valence-corrected chi connectivity index (χ2v) is 8.76. The molecule has 0 saturated heterocycles. The Morgan fingerprint density at radius 1 is 1.25 bits per heavy atom. The Kier molecular flexibility index (Phi) is 7.04. The monoisotopic (exact) mass is 378 g/mol. The molecule has 0 radical (unpaired) electrons. The molecule has 1 aromatic carbocycles. The first-order valence-corrected chi connectivity index (χ1v) is 9.88. The second-order valence-electron chi connectivity index (χ2n) is 6.45. The van der Waals surface area contributed by atoms with E-state index in [1.54, 1.807) is 0 Å². The maximum absolute atomic E-state index is 13.3. The topological polar surface area (TPSA) is 66.5 Å². The third kappa shape index (κ3) is 5.63. The lowest BCUT2D eigenvalue weighted by Crippen LogP contribution is -2.47. The molecule has 5 nitrogen and oxygen atoms in total. The number of carbonyl (C=O) groups is 1. The van der Waals surface area contributed by atoms with Crippen molar-refractivity contribution in [2.24, 2.45) is 11.8 Å². The van der Waals surface area contributed by atoms with Gasteiger partial charge in [0.25, 0.3) is 0 Å². The number of amides is 1. The third-order valence-electron chi connectivity index (χ3n) is 3.64. The van der Waals surface area contributed by atoms with E-state index < -0.39 is 28.3 Å². The molecule has 0 unspecified atom stereocenters. The van der Waals surface area contributed by atoms with Gasteiger partial charge in [0.05, 0.1) is 17.0 Å². The Bertz CT molecular complexity index is 685. The quantitative estimate of drug-likeness (QED) is 0.793. The summed E-state index contributed by atoms with van der Waals surface area (Å²) in [5, 5.41) is 2.66. The molecule has 24 heavy (non-hydrogen) atoms. The highest BCUT2D eigenvalue weighted by atomic mass is 35.5. The van der Waals surface area contributed by atoms with Crippen molar-refractivity contribution in [1.29, 1.82) is 0 Å². The Balaban J connectivity index is 3.03. The second kappa shape index (κ2) is 8.16. The van der Waals surface area contributed by atoms with Gasteiger partial charge < -0.3 is 5.32 Å². The number of sulfonamides is 1. The van der Waals surface area contributed by atoms with Gasteiger partial charge >= 0.3 is 0 Å². The van der Waals surface area contributed by atoms with Gasteiger partial charge in [0, 0.05) is 6.04 Å².